The summed E-state index contributed by atoms with van der Waals surface area (Å²) in [4.78, 5) is 11.9. The average Bonchev–Trinajstić information content (AvgIpc) is 3.41. The number of unbranched alkanes of at least 4 members (excludes halogenated alkanes) is 2. The molecule has 0 aromatic heterocycles. The van der Waals surface area contributed by atoms with Crippen molar-refractivity contribution in [1.82, 2.24) is 0 Å². The molecule has 0 amide bonds. The molecule has 0 aromatic carbocycles. The minimum Gasteiger partial charge on any atom is -0.466 e. The Labute approximate surface area is 433 Å². The maximum atomic E-state index is 11.9. The third-order valence-corrected chi connectivity index (χ3v) is 14.3. The predicted octanol–water partition coefficient (Wildman–Crippen LogP) is -10.9. The summed E-state index contributed by atoms with van der Waals surface area (Å²) < 4.78 is 80.7. The lowest BCUT2D eigenvalue weighted by Gasteiger charge is -2.51. The van der Waals surface area contributed by atoms with Gasteiger partial charge in [-0.05, 0) is 19.8 Å². The van der Waals surface area contributed by atoms with Crippen molar-refractivity contribution in [2.75, 3.05) is 52.9 Å². The molecule has 22 aliphatic heterocycles. The highest BCUT2D eigenvalue weighted by Gasteiger charge is 2.59. The van der Waals surface area contributed by atoms with Crippen LogP contribution in [0.1, 0.15) is 32.6 Å². The molecule has 22 fully saturated rings. The van der Waals surface area contributed by atoms with Crippen molar-refractivity contribution in [3.63, 3.8) is 0 Å². The van der Waals surface area contributed by atoms with Crippen molar-refractivity contribution >= 4 is 5.97 Å². The zero-order valence-corrected chi connectivity index (χ0v) is 41.0. The van der Waals surface area contributed by atoms with Crippen LogP contribution >= 0.6 is 0 Å². The van der Waals surface area contributed by atoms with E-state index in [0.29, 0.717) is 12.8 Å². The van der Waals surface area contributed by atoms with Crippen LogP contribution in [0.2, 0.25) is 0 Å². The van der Waals surface area contributed by atoms with Gasteiger partial charge in [-0.2, -0.15) is 0 Å². The molecule has 0 unspecified atom stereocenters. The Morgan fingerprint density at radius 2 is 0.605 bits per heavy atom. The van der Waals surface area contributed by atoms with Gasteiger partial charge in [-0.25, -0.2) is 0 Å². The van der Waals surface area contributed by atoms with Crippen LogP contribution in [0, 0.1) is 0 Å². The van der Waals surface area contributed by atoms with Gasteiger partial charge in [0.2, 0.25) is 0 Å². The minimum atomic E-state index is -2.16. The van der Waals surface area contributed by atoms with Crippen molar-refractivity contribution < 1.29 is 158 Å². The summed E-state index contributed by atoms with van der Waals surface area (Å²) in [5, 5.41) is 188. The lowest BCUT2D eigenvalue weighted by Crippen LogP contribution is -2.69. The smallest absolute Gasteiger partial charge is 0.305 e. The number of esters is 1. The first kappa shape index (κ1) is 61.9. The van der Waals surface area contributed by atoms with Gasteiger partial charge in [0.05, 0.1) is 46.2 Å². The first-order chi connectivity index (χ1) is 36.4. The van der Waals surface area contributed by atoms with Crippen LogP contribution < -0.4 is 0 Å². The molecule has 22 heterocycles. The lowest BCUT2D eigenvalue weighted by molar-refractivity contribution is -0.404. The highest BCUT2D eigenvalue weighted by atomic mass is 16.8. The van der Waals surface area contributed by atoms with Gasteiger partial charge in [0.1, 0.15) is 146 Å². The van der Waals surface area contributed by atoms with E-state index in [0.717, 1.165) is 0 Å². The van der Waals surface area contributed by atoms with Crippen molar-refractivity contribution in [3.8, 4) is 0 Å². The van der Waals surface area contributed by atoms with Gasteiger partial charge in [0, 0.05) is 13.0 Å². The molecule has 32 heteroatoms. The molecule has 0 aromatic rings. The topological polar surface area (TPSA) is 490 Å². The molecular weight excluding hydrogens is 1040 g/mol. The second kappa shape index (κ2) is 27.8. The standard InChI is InChI=1S/C44H74O32/c1-2-63-20(51)6-4-3-5-7-64-38-31(62)44-70-19(13-50)37(38)76-43-30(61)25(56)35(17(11-48)69-43)74-41-28(59)23(54)33(15(9-46)67-41)72-39-26(57)21(52)32(14(8-45)65-39)71-40-27(58)22(53)34(16(10-47)66-40)73-42-29(60)24(55)36(75-44)18(12-49)68-42/h14-19,21-50,52-62H,2-13H2,1H3/t14-,15-,16-,17-,18-,19-,21-,22-,23-,24-,25-,26-,27-,28-,29-,30-,31-,32-,33-,34-,35-,36-,37+,38-,39-,40-,41-,42-,43-,44-/m1/s1. The summed E-state index contributed by atoms with van der Waals surface area (Å²) in [5.41, 5.74) is 0. The molecule has 22 saturated heterocycles. The summed E-state index contributed by atoms with van der Waals surface area (Å²) in [5.74, 6) is -0.428. The number of aliphatic hydroxyl groups excluding tert-OH is 17. The van der Waals surface area contributed by atoms with Gasteiger partial charge < -0.3 is 153 Å². The molecule has 0 aliphatic carbocycles. The van der Waals surface area contributed by atoms with Gasteiger partial charge in [0.25, 0.3) is 0 Å². The number of hydrogen-bond acceptors (Lipinski definition) is 32. The first-order valence-electron chi connectivity index (χ1n) is 25.1. The van der Waals surface area contributed by atoms with E-state index in [9.17, 15) is 91.6 Å². The largest absolute Gasteiger partial charge is 0.466 e. The van der Waals surface area contributed by atoms with Crippen molar-refractivity contribution in [3.05, 3.63) is 0 Å². The van der Waals surface area contributed by atoms with Crippen molar-refractivity contribution in [1.29, 1.82) is 0 Å². The molecule has 0 radical (unpaired) electrons. The number of carbonyl (C=O) groups excluding carboxylic acids is 1. The second-order valence-corrected chi connectivity index (χ2v) is 19.3. The lowest BCUT2D eigenvalue weighted by atomic mass is 9.94. The van der Waals surface area contributed by atoms with E-state index in [1.165, 1.54) is 0 Å². The van der Waals surface area contributed by atoms with E-state index in [1.807, 2.05) is 0 Å². The number of ether oxygens (including phenoxy) is 14. The number of hydrogen-bond donors (Lipinski definition) is 17. The fourth-order valence-corrected chi connectivity index (χ4v) is 10.1. The van der Waals surface area contributed by atoms with Crippen LogP contribution in [-0.4, -0.2) is 330 Å². The van der Waals surface area contributed by atoms with E-state index in [1.54, 1.807) is 6.92 Å². The van der Waals surface area contributed by atoms with E-state index < -0.39 is 230 Å². The summed E-state index contributed by atoms with van der Waals surface area (Å²) in [6, 6.07) is 0. The van der Waals surface area contributed by atoms with Gasteiger partial charge in [-0.1, -0.05) is 6.42 Å². The summed E-state index contributed by atoms with van der Waals surface area (Å²) in [7, 11) is 0. The van der Waals surface area contributed by atoms with Gasteiger partial charge in [-0.3, -0.25) is 4.79 Å². The number of aliphatic hydroxyl groups is 17. The van der Waals surface area contributed by atoms with Gasteiger partial charge in [-0.15, -0.1) is 0 Å². The third kappa shape index (κ3) is 13.3. The van der Waals surface area contributed by atoms with Crippen LogP contribution in [0.5, 0.6) is 0 Å². The van der Waals surface area contributed by atoms with E-state index in [4.69, 9.17) is 66.3 Å². The predicted molar refractivity (Wildman–Crippen MR) is 235 cm³/mol. The molecule has 22 rings (SSSR count). The van der Waals surface area contributed by atoms with E-state index in [-0.39, 0.29) is 26.1 Å². The van der Waals surface area contributed by atoms with E-state index in [2.05, 4.69) is 0 Å². The molecule has 22 aliphatic rings. The summed E-state index contributed by atoms with van der Waals surface area (Å²) >= 11 is 0. The monoisotopic (exact) mass is 1110 g/mol. The Morgan fingerprint density at radius 3 is 0.882 bits per heavy atom. The van der Waals surface area contributed by atoms with Gasteiger partial charge >= 0.3 is 5.97 Å². The fourth-order valence-electron chi connectivity index (χ4n) is 10.1. The van der Waals surface area contributed by atoms with Crippen LogP contribution in [0.25, 0.3) is 0 Å². The SMILES string of the molecule is CCOC(=O)CCCCCO[C@@H]1[C@@H](O)[C@H]2O[C@H]3[C@H](O)[C@@H](O)[C@@H](O[C@H]4[C@H](O)[C@@H](O)[C@@H](O[C@H]5[C@H](O)[C@@H](O)[C@@H](O[C@H]6[C@H](O)[C@@H](O)[C@@H](O[C@H]7[C@H](O)[C@@H](O)[C@@H](O[C@H]1[C@@H](CO)O2)O[C@@H]7CO)O[C@@H]6CO)O[C@@H]5CO)O[C@@H]4CO)O[C@@H]3CO. The number of rotatable bonds is 14. The van der Waals surface area contributed by atoms with Crippen LogP contribution in [0.15, 0.2) is 0 Å². The maximum Gasteiger partial charge on any atom is 0.305 e. The molecule has 30 atom stereocenters. The third-order valence-electron chi connectivity index (χ3n) is 14.3. The number of carbonyl (C=O) groups is 1. The Hall–Kier alpha value is -1.73. The molecule has 76 heavy (non-hydrogen) atoms. The van der Waals surface area contributed by atoms with Crippen molar-refractivity contribution in [2.45, 2.75) is 217 Å². The molecule has 0 saturated carbocycles. The maximum absolute atomic E-state index is 11.9. The Balaban J connectivity index is 1.20. The molecular formula is C44H74O32. The van der Waals surface area contributed by atoms with Crippen LogP contribution in [0.4, 0.5) is 0 Å². The molecule has 17 N–H and O–H groups in total. The Kier molecular flexibility index (Phi) is 22.7. The summed E-state index contributed by atoms with van der Waals surface area (Å²) in [6.45, 7) is -4.29. The quantitative estimate of drug-likeness (QED) is 0.0567. The normalized spacial score (nSPS) is 49.6. The zero-order chi connectivity index (χ0) is 55.3. The second-order valence-electron chi connectivity index (χ2n) is 19.3. The Morgan fingerprint density at radius 1 is 0.342 bits per heavy atom. The first-order valence-corrected chi connectivity index (χ1v) is 25.1. The highest BCUT2D eigenvalue weighted by molar-refractivity contribution is 5.69. The van der Waals surface area contributed by atoms with Gasteiger partial charge in [0.15, 0.2) is 37.7 Å². The minimum absolute atomic E-state index is 0.0880. The molecule has 32 nitrogen and oxygen atoms in total. The van der Waals surface area contributed by atoms with Crippen molar-refractivity contribution in [2.24, 2.45) is 0 Å². The molecule has 0 spiro atoms. The fraction of sp³-hybridized carbons (Fsp3) is 0.977. The molecule has 442 valence electrons. The molecule has 12 bridgehead atoms. The highest BCUT2D eigenvalue weighted by Crippen LogP contribution is 2.38. The Bertz CT molecular complexity index is 1750. The van der Waals surface area contributed by atoms with Crippen LogP contribution in [-0.2, 0) is 71.1 Å². The summed E-state index contributed by atoms with van der Waals surface area (Å²) in [6.07, 6.45) is -56.6. The average molecular weight is 1120 g/mol. The van der Waals surface area contributed by atoms with E-state index >= 15 is 0 Å². The van der Waals surface area contributed by atoms with Crippen LogP contribution in [0.3, 0.4) is 0 Å². The zero-order valence-electron chi connectivity index (χ0n) is 41.0.